The number of rotatable bonds is 7. The highest BCUT2D eigenvalue weighted by atomic mass is 32.1. The largest absolute Gasteiger partial charge is 0.507 e. The van der Waals surface area contributed by atoms with Crippen molar-refractivity contribution in [2.24, 2.45) is 5.92 Å². The molecule has 1 amide bonds. The van der Waals surface area contributed by atoms with Crippen LogP contribution in [0.15, 0.2) is 54.6 Å². The van der Waals surface area contributed by atoms with Gasteiger partial charge >= 0.3 is 0 Å². The third kappa shape index (κ3) is 4.86. The number of hydrogen-bond acceptors (Lipinski definition) is 3. The molecule has 0 saturated heterocycles. The maximum absolute atomic E-state index is 13.0. The average Bonchev–Trinajstić information content (AvgIpc) is 2.73. The highest BCUT2D eigenvalue weighted by molar-refractivity contribution is 7.80. The minimum atomic E-state index is -0.540. The first-order valence-electron chi connectivity index (χ1n) is 9.91. The maximum Gasteiger partial charge on any atom is 0.255 e. The average molecular weight is 384 g/mol. The van der Waals surface area contributed by atoms with Crippen LogP contribution in [0.25, 0.3) is 0 Å². The van der Waals surface area contributed by atoms with Crippen LogP contribution in [-0.2, 0) is 5.54 Å². The monoisotopic (exact) mass is 383 g/mol. The third-order valence-electron chi connectivity index (χ3n) is 5.80. The number of amides is 1. The molecule has 3 nitrogen and oxygen atoms in total. The molecule has 0 bridgehead atoms. The summed E-state index contributed by atoms with van der Waals surface area (Å²) in [6.45, 7) is 0. The highest BCUT2D eigenvalue weighted by Crippen LogP contribution is 2.35. The molecule has 1 atom stereocenters. The Morgan fingerprint density at radius 2 is 1.70 bits per heavy atom. The van der Waals surface area contributed by atoms with Gasteiger partial charge in [-0.1, -0.05) is 74.6 Å². The predicted molar refractivity (Wildman–Crippen MR) is 113 cm³/mol. The SMILES string of the molecule is O=C(NC(CS)(CCC1CCCCC1)c1ccccc1)c1ccccc1O. The van der Waals surface area contributed by atoms with E-state index in [1.807, 2.05) is 18.2 Å². The van der Waals surface area contributed by atoms with Gasteiger partial charge in [-0.25, -0.2) is 0 Å². The Labute approximate surface area is 167 Å². The number of thiol groups is 1. The standard InChI is InChI=1S/C23H29NO2S/c25-21-14-8-7-13-20(21)22(26)24-23(17-27,19-11-5-2-6-12-19)16-15-18-9-3-1-4-10-18/h2,5-8,11-14,18,25,27H,1,3-4,9-10,15-17H2,(H,24,26). The minimum Gasteiger partial charge on any atom is -0.507 e. The number of benzene rings is 2. The number of aromatic hydroxyl groups is 1. The van der Waals surface area contributed by atoms with Crippen LogP contribution in [0, 0.1) is 5.92 Å². The number of phenols is 1. The smallest absolute Gasteiger partial charge is 0.255 e. The maximum atomic E-state index is 13.0. The summed E-state index contributed by atoms with van der Waals surface area (Å²) in [7, 11) is 0. The van der Waals surface area contributed by atoms with E-state index in [-0.39, 0.29) is 11.7 Å². The summed E-state index contributed by atoms with van der Waals surface area (Å²) >= 11 is 4.65. The van der Waals surface area contributed by atoms with E-state index in [0.717, 1.165) is 24.3 Å². The molecule has 0 spiro atoms. The van der Waals surface area contributed by atoms with Crippen LogP contribution >= 0.6 is 12.6 Å². The highest BCUT2D eigenvalue weighted by Gasteiger charge is 2.34. The Bertz CT molecular complexity index is 743. The minimum absolute atomic E-state index is 0.00315. The van der Waals surface area contributed by atoms with Gasteiger partial charge in [0.25, 0.3) is 5.91 Å². The summed E-state index contributed by atoms with van der Waals surface area (Å²) in [6.07, 6.45) is 8.47. The fourth-order valence-corrected chi connectivity index (χ4v) is 4.54. The van der Waals surface area contributed by atoms with Crippen LogP contribution in [0.3, 0.4) is 0 Å². The number of phenolic OH excluding ortho intramolecular Hbond substituents is 1. The Morgan fingerprint density at radius 3 is 2.37 bits per heavy atom. The molecule has 1 saturated carbocycles. The van der Waals surface area contributed by atoms with Gasteiger partial charge in [0.05, 0.1) is 11.1 Å². The zero-order valence-corrected chi connectivity index (χ0v) is 16.6. The first kappa shape index (κ1) is 19.8. The molecule has 27 heavy (non-hydrogen) atoms. The van der Waals surface area contributed by atoms with E-state index in [0.29, 0.717) is 11.3 Å². The zero-order chi connectivity index (χ0) is 19.1. The molecule has 0 aromatic heterocycles. The molecule has 4 heteroatoms. The van der Waals surface area contributed by atoms with E-state index in [1.165, 1.54) is 32.1 Å². The van der Waals surface area contributed by atoms with E-state index in [2.05, 4.69) is 30.1 Å². The molecule has 0 radical (unpaired) electrons. The van der Waals surface area contributed by atoms with Gasteiger partial charge < -0.3 is 10.4 Å². The van der Waals surface area contributed by atoms with E-state index in [4.69, 9.17) is 0 Å². The van der Waals surface area contributed by atoms with Gasteiger partial charge in [0.1, 0.15) is 5.75 Å². The van der Waals surface area contributed by atoms with Gasteiger partial charge in [0.15, 0.2) is 0 Å². The fraction of sp³-hybridized carbons (Fsp3) is 0.435. The van der Waals surface area contributed by atoms with Crippen LogP contribution in [0.4, 0.5) is 0 Å². The van der Waals surface area contributed by atoms with Crippen molar-refractivity contribution in [3.05, 3.63) is 65.7 Å². The Balaban J connectivity index is 1.84. The summed E-state index contributed by atoms with van der Waals surface area (Å²) in [4.78, 5) is 13.0. The van der Waals surface area contributed by atoms with Crippen molar-refractivity contribution < 1.29 is 9.90 Å². The number of hydrogen-bond donors (Lipinski definition) is 3. The van der Waals surface area contributed by atoms with Gasteiger partial charge in [-0.05, 0) is 36.5 Å². The lowest BCUT2D eigenvalue weighted by atomic mass is 9.79. The second-order valence-corrected chi connectivity index (χ2v) is 7.94. The van der Waals surface area contributed by atoms with Gasteiger partial charge in [0.2, 0.25) is 0 Å². The predicted octanol–water partition coefficient (Wildman–Crippen LogP) is 5.31. The van der Waals surface area contributed by atoms with Crippen molar-refractivity contribution in [1.82, 2.24) is 5.32 Å². The lowest BCUT2D eigenvalue weighted by Gasteiger charge is -2.36. The summed E-state index contributed by atoms with van der Waals surface area (Å²) in [5, 5.41) is 13.3. The van der Waals surface area contributed by atoms with Crippen molar-refractivity contribution in [2.45, 2.75) is 50.5 Å². The molecule has 2 aromatic carbocycles. The molecule has 0 aliphatic heterocycles. The Kier molecular flexibility index (Phi) is 6.84. The molecular weight excluding hydrogens is 354 g/mol. The van der Waals surface area contributed by atoms with Crippen molar-refractivity contribution in [1.29, 1.82) is 0 Å². The lowest BCUT2D eigenvalue weighted by Crippen LogP contribution is -2.48. The van der Waals surface area contributed by atoms with Crippen LogP contribution in [0.2, 0.25) is 0 Å². The van der Waals surface area contributed by atoms with E-state index < -0.39 is 5.54 Å². The third-order valence-corrected chi connectivity index (χ3v) is 6.34. The summed E-state index contributed by atoms with van der Waals surface area (Å²) in [5.41, 5.74) is 0.832. The topological polar surface area (TPSA) is 49.3 Å². The van der Waals surface area contributed by atoms with Crippen LogP contribution in [0.1, 0.15) is 60.9 Å². The summed E-state index contributed by atoms with van der Waals surface area (Å²) in [6, 6.07) is 16.8. The first-order valence-corrected chi connectivity index (χ1v) is 10.5. The molecule has 2 N–H and O–H groups in total. The summed E-state index contributed by atoms with van der Waals surface area (Å²) in [5.74, 6) is 0.991. The van der Waals surface area contributed by atoms with Crippen molar-refractivity contribution >= 4 is 18.5 Å². The van der Waals surface area contributed by atoms with Crippen LogP contribution < -0.4 is 5.32 Å². The van der Waals surface area contributed by atoms with Crippen molar-refractivity contribution in [2.75, 3.05) is 5.75 Å². The molecule has 1 aliphatic carbocycles. The molecule has 1 unspecified atom stereocenters. The van der Waals surface area contributed by atoms with E-state index >= 15 is 0 Å². The second kappa shape index (κ2) is 9.32. The van der Waals surface area contributed by atoms with Gasteiger partial charge in [-0.3, -0.25) is 4.79 Å². The molecule has 1 fully saturated rings. The normalized spacial score (nSPS) is 17.2. The zero-order valence-electron chi connectivity index (χ0n) is 15.7. The van der Waals surface area contributed by atoms with E-state index in [9.17, 15) is 9.90 Å². The van der Waals surface area contributed by atoms with E-state index in [1.54, 1.807) is 24.3 Å². The number of para-hydroxylation sites is 1. The van der Waals surface area contributed by atoms with Crippen molar-refractivity contribution in [3.63, 3.8) is 0 Å². The first-order chi connectivity index (χ1) is 13.1. The fourth-order valence-electron chi connectivity index (χ4n) is 4.12. The number of carbonyl (C=O) groups excluding carboxylic acids is 1. The summed E-state index contributed by atoms with van der Waals surface area (Å²) < 4.78 is 0. The molecular formula is C23H29NO2S. The van der Waals surface area contributed by atoms with Crippen LogP contribution in [-0.4, -0.2) is 16.8 Å². The van der Waals surface area contributed by atoms with Crippen molar-refractivity contribution in [3.8, 4) is 5.75 Å². The quantitative estimate of drug-likeness (QED) is 0.568. The molecule has 0 heterocycles. The molecule has 144 valence electrons. The molecule has 1 aliphatic rings. The van der Waals surface area contributed by atoms with Gasteiger partial charge in [-0.15, -0.1) is 0 Å². The Hall–Kier alpha value is -1.94. The van der Waals surface area contributed by atoms with Crippen LogP contribution in [0.5, 0.6) is 5.75 Å². The number of carbonyl (C=O) groups is 1. The number of nitrogens with one attached hydrogen (secondary N) is 1. The van der Waals surface area contributed by atoms with Gasteiger partial charge in [-0.2, -0.15) is 12.6 Å². The van der Waals surface area contributed by atoms with Gasteiger partial charge in [0, 0.05) is 5.75 Å². The molecule has 2 aromatic rings. The lowest BCUT2D eigenvalue weighted by molar-refractivity contribution is 0.0894. The molecule has 3 rings (SSSR count). The second-order valence-electron chi connectivity index (χ2n) is 7.62. The Morgan fingerprint density at radius 1 is 1.04 bits per heavy atom.